The van der Waals surface area contributed by atoms with Crippen molar-refractivity contribution >= 4 is 5.97 Å². The van der Waals surface area contributed by atoms with Crippen molar-refractivity contribution in [3.63, 3.8) is 0 Å². The number of carbonyl (C=O) groups is 1. The van der Waals surface area contributed by atoms with Gasteiger partial charge in [0.15, 0.2) is 0 Å². The summed E-state index contributed by atoms with van der Waals surface area (Å²) in [4.78, 5) is 13.8. The van der Waals surface area contributed by atoms with Gasteiger partial charge >= 0.3 is 5.97 Å². The Balaban J connectivity index is 1.67. The van der Waals surface area contributed by atoms with Crippen molar-refractivity contribution in [1.82, 2.24) is 10.1 Å². The Morgan fingerprint density at radius 2 is 2.12 bits per heavy atom. The minimum absolute atomic E-state index is 0.224. The molecule has 5 heteroatoms. The predicted octanol–water partition coefficient (Wildman–Crippen LogP) is 3.67. The van der Waals surface area contributed by atoms with E-state index in [0.29, 0.717) is 24.0 Å². The second-order valence-electron chi connectivity index (χ2n) is 6.51. The summed E-state index contributed by atoms with van der Waals surface area (Å²) in [6, 6.07) is 11.0. The molecule has 0 radical (unpaired) electrons. The molecule has 1 saturated heterocycles. The van der Waals surface area contributed by atoms with Gasteiger partial charge in [0.05, 0.1) is 0 Å². The second kappa shape index (κ2) is 7.62. The molecule has 1 aromatic heterocycles. The van der Waals surface area contributed by atoms with Gasteiger partial charge in [-0.1, -0.05) is 41.9 Å². The minimum atomic E-state index is -0.957. The van der Waals surface area contributed by atoms with Gasteiger partial charge in [-0.15, -0.1) is 0 Å². The maximum atomic E-state index is 11.4. The maximum Gasteiger partial charge on any atom is 0.341 e. The van der Waals surface area contributed by atoms with Gasteiger partial charge in [0, 0.05) is 12.6 Å². The third kappa shape index (κ3) is 3.85. The van der Waals surface area contributed by atoms with E-state index >= 15 is 0 Å². The van der Waals surface area contributed by atoms with Crippen molar-refractivity contribution in [1.29, 1.82) is 0 Å². The Morgan fingerprint density at radius 1 is 1.33 bits per heavy atom. The number of aromatic nitrogens is 1. The quantitative estimate of drug-likeness (QED) is 0.876. The van der Waals surface area contributed by atoms with E-state index < -0.39 is 5.97 Å². The largest absolute Gasteiger partial charge is 0.477 e. The van der Waals surface area contributed by atoms with E-state index in [-0.39, 0.29) is 5.56 Å². The lowest BCUT2D eigenvalue weighted by molar-refractivity contribution is 0.0690. The first-order valence-electron chi connectivity index (χ1n) is 8.61. The molecule has 24 heavy (non-hydrogen) atoms. The maximum absolute atomic E-state index is 11.4. The summed E-state index contributed by atoms with van der Waals surface area (Å²) in [5.74, 6) is -0.572. The average Bonchev–Trinajstić information content (AvgIpc) is 2.95. The number of rotatable bonds is 6. The van der Waals surface area contributed by atoms with Crippen LogP contribution in [0.1, 0.15) is 53.1 Å². The van der Waals surface area contributed by atoms with E-state index in [0.717, 1.165) is 32.2 Å². The number of likely N-dealkylation sites (tertiary alicyclic amines) is 1. The second-order valence-corrected chi connectivity index (χ2v) is 6.51. The van der Waals surface area contributed by atoms with E-state index in [2.05, 4.69) is 34.3 Å². The molecule has 2 heterocycles. The fourth-order valence-electron chi connectivity index (χ4n) is 3.57. The van der Waals surface area contributed by atoms with Crippen molar-refractivity contribution in [3.8, 4) is 0 Å². The molecular weight excluding hydrogens is 304 g/mol. The summed E-state index contributed by atoms with van der Waals surface area (Å²) < 4.78 is 5.11. The highest BCUT2D eigenvalue weighted by molar-refractivity contribution is 5.89. The summed E-state index contributed by atoms with van der Waals surface area (Å²) in [5.41, 5.74) is 2.13. The smallest absolute Gasteiger partial charge is 0.341 e. The van der Waals surface area contributed by atoms with Crippen LogP contribution in [0.4, 0.5) is 0 Å². The highest BCUT2D eigenvalue weighted by Gasteiger charge is 2.27. The van der Waals surface area contributed by atoms with Gasteiger partial charge in [-0.3, -0.25) is 4.90 Å². The molecule has 0 saturated carbocycles. The molecule has 1 aliphatic rings. The highest BCUT2D eigenvalue weighted by atomic mass is 16.5. The van der Waals surface area contributed by atoms with Crippen LogP contribution in [0.5, 0.6) is 0 Å². The van der Waals surface area contributed by atoms with Crippen LogP contribution >= 0.6 is 0 Å². The number of aromatic carboxylic acids is 1. The number of aryl methyl sites for hydroxylation is 2. The van der Waals surface area contributed by atoms with E-state index in [1.165, 1.54) is 12.0 Å². The monoisotopic (exact) mass is 328 g/mol. The number of hydrogen-bond donors (Lipinski definition) is 1. The SMILES string of the molecule is Cc1onc(CN2CCCCC2CCc2ccccc2)c1C(=O)O. The van der Waals surface area contributed by atoms with Gasteiger partial charge in [0.1, 0.15) is 17.0 Å². The first-order valence-corrected chi connectivity index (χ1v) is 8.61. The van der Waals surface area contributed by atoms with Gasteiger partial charge in [0.2, 0.25) is 0 Å². The van der Waals surface area contributed by atoms with Crippen LogP contribution < -0.4 is 0 Å². The molecule has 1 N–H and O–H groups in total. The van der Waals surface area contributed by atoms with E-state index in [9.17, 15) is 9.90 Å². The molecule has 1 aromatic carbocycles. The highest BCUT2D eigenvalue weighted by Crippen LogP contribution is 2.25. The van der Waals surface area contributed by atoms with Gasteiger partial charge in [-0.25, -0.2) is 4.79 Å². The lowest BCUT2D eigenvalue weighted by Crippen LogP contribution is -2.39. The van der Waals surface area contributed by atoms with Crippen LogP contribution in [-0.2, 0) is 13.0 Å². The van der Waals surface area contributed by atoms with Crippen molar-refractivity contribution in [3.05, 3.63) is 52.9 Å². The van der Waals surface area contributed by atoms with Crippen molar-refractivity contribution in [2.24, 2.45) is 0 Å². The Kier molecular flexibility index (Phi) is 5.30. The Morgan fingerprint density at radius 3 is 2.88 bits per heavy atom. The molecule has 5 nitrogen and oxygen atoms in total. The van der Waals surface area contributed by atoms with Gasteiger partial charge in [0.25, 0.3) is 0 Å². The number of benzene rings is 1. The molecule has 3 rings (SSSR count). The summed E-state index contributed by atoms with van der Waals surface area (Å²) in [6.45, 7) is 3.20. The standard InChI is InChI=1S/C19H24N2O3/c1-14-18(19(22)23)17(20-24-14)13-21-12-6-5-9-16(21)11-10-15-7-3-2-4-8-15/h2-4,7-8,16H,5-6,9-13H2,1H3,(H,22,23). The number of piperidine rings is 1. The van der Waals surface area contributed by atoms with Crippen molar-refractivity contribution < 1.29 is 14.4 Å². The zero-order chi connectivity index (χ0) is 16.9. The molecule has 1 atom stereocenters. The van der Waals surface area contributed by atoms with Crippen LogP contribution in [-0.4, -0.2) is 33.7 Å². The summed E-state index contributed by atoms with van der Waals surface area (Å²) in [5, 5.41) is 13.4. The predicted molar refractivity (Wildman–Crippen MR) is 91.0 cm³/mol. The molecule has 1 aliphatic heterocycles. The molecule has 0 aliphatic carbocycles. The molecule has 1 fully saturated rings. The molecule has 0 bridgehead atoms. The van der Waals surface area contributed by atoms with E-state index in [1.54, 1.807) is 6.92 Å². The number of carboxylic acids is 1. The van der Waals surface area contributed by atoms with Crippen LogP contribution in [0.2, 0.25) is 0 Å². The summed E-state index contributed by atoms with van der Waals surface area (Å²) in [7, 11) is 0. The van der Waals surface area contributed by atoms with Crippen LogP contribution in [0.15, 0.2) is 34.9 Å². The summed E-state index contributed by atoms with van der Waals surface area (Å²) >= 11 is 0. The van der Waals surface area contributed by atoms with Crippen LogP contribution in [0, 0.1) is 6.92 Å². The fraction of sp³-hybridized carbons (Fsp3) is 0.474. The fourth-order valence-corrected chi connectivity index (χ4v) is 3.57. The average molecular weight is 328 g/mol. The van der Waals surface area contributed by atoms with Crippen molar-refractivity contribution in [2.75, 3.05) is 6.54 Å². The molecular formula is C19H24N2O3. The lowest BCUT2D eigenvalue weighted by atomic mass is 9.95. The first-order chi connectivity index (χ1) is 11.6. The third-order valence-electron chi connectivity index (χ3n) is 4.86. The van der Waals surface area contributed by atoms with Gasteiger partial charge < -0.3 is 9.63 Å². The number of hydrogen-bond acceptors (Lipinski definition) is 4. The van der Waals surface area contributed by atoms with E-state index in [1.807, 2.05) is 6.07 Å². The van der Waals surface area contributed by atoms with Gasteiger partial charge in [-0.2, -0.15) is 0 Å². The topological polar surface area (TPSA) is 66.6 Å². The Labute approximate surface area is 142 Å². The first kappa shape index (κ1) is 16.7. The zero-order valence-electron chi connectivity index (χ0n) is 14.1. The van der Waals surface area contributed by atoms with Gasteiger partial charge in [-0.05, 0) is 44.7 Å². The Bertz CT molecular complexity index is 681. The number of carboxylic acid groups (broad SMARTS) is 1. The van der Waals surface area contributed by atoms with Crippen molar-refractivity contribution in [2.45, 2.75) is 51.6 Å². The third-order valence-corrected chi connectivity index (χ3v) is 4.86. The number of nitrogens with zero attached hydrogens (tertiary/aromatic N) is 2. The van der Waals surface area contributed by atoms with E-state index in [4.69, 9.17) is 4.52 Å². The zero-order valence-corrected chi connectivity index (χ0v) is 14.1. The molecule has 2 aromatic rings. The minimum Gasteiger partial charge on any atom is -0.477 e. The summed E-state index contributed by atoms with van der Waals surface area (Å²) in [6.07, 6.45) is 5.68. The van der Waals surface area contributed by atoms with Crippen LogP contribution in [0.25, 0.3) is 0 Å². The lowest BCUT2D eigenvalue weighted by Gasteiger charge is -2.35. The molecule has 128 valence electrons. The molecule has 1 unspecified atom stereocenters. The molecule has 0 amide bonds. The molecule has 0 spiro atoms. The van der Waals surface area contributed by atoms with Crippen LogP contribution in [0.3, 0.4) is 0 Å². The Hall–Kier alpha value is -2.14. The normalized spacial score (nSPS) is 18.6.